The van der Waals surface area contributed by atoms with E-state index in [1.807, 2.05) is 0 Å². The number of hydrogen-bond acceptors (Lipinski definition) is 7. The van der Waals surface area contributed by atoms with E-state index in [4.69, 9.17) is 20.8 Å². The van der Waals surface area contributed by atoms with Crippen LogP contribution < -0.4 is 15.4 Å². The molecule has 0 radical (unpaired) electrons. The summed E-state index contributed by atoms with van der Waals surface area (Å²) in [5.41, 5.74) is 0. The minimum atomic E-state index is -0.510. The molecule has 3 amide bonds. The SMILES string of the molecule is CC(C)CCNC(=O)NC(=O)CSc1nnc(COc2ccc(Cl)cc2)o1. The highest BCUT2D eigenvalue weighted by atomic mass is 35.5. The van der Waals surface area contributed by atoms with Crippen molar-refractivity contribution < 1.29 is 18.7 Å². The van der Waals surface area contributed by atoms with E-state index in [9.17, 15) is 9.59 Å². The number of carbonyl (C=O) groups excluding carboxylic acids is 2. The molecule has 1 aromatic carbocycles. The Labute approximate surface area is 166 Å². The second-order valence-electron chi connectivity index (χ2n) is 5.98. The van der Waals surface area contributed by atoms with Gasteiger partial charge in [-0.3, -0.25) is 10.1 Å². The molecule has 0 aliphatic carbocycles. The summed E-state index contributed by atoms with van der Waals surface area (Å²) in [5.74, 6) is 0.914. The van der Waals surface area contributed by atoms with E-state index in [0.717, 1.165) is 18.2 Å². The fourth-order valence-corrected chi connectivity index (χ4v) is 2.55. The number of benzene rings is 1. The third kappa shape index (κ3) is 8.31. The number of amides is 3. The Morgan fingerprint density at radius 1 is 1.26 bits per heavy atom. The lowest BCUT2D eigenvalue weighted by Gasteiger charge is -2.07. The number of hydrogen-bond donors (Lipinski definition) is 2. The molecule has 0 saturated carbocycles. The molecule has 0 bridgehead atoms. The van der Waals surface area contributed by atoms with Crippen molar-refractivity contribution in [1.82, 2.24) is 20.8 Å². The number of carbonyl (C=O) groups is 2. The van der Waals surface area contributed by atoms with Gasteiger partial charge in [0, 0.05) is 11.6 Å². The average molecular weight is 413 g/mol. The highest BCUT2D eigenvalue weighted by Crippen LogP contribution is 2.19. The Morgan fingerprint density at radius 2 is 2.00 bits per heavy atom. The van der Waals surface area contributed by atoms with Crippen LogP contribution in [-0.4, -0.2) is 34.4 Å². The maximum Gasteiger partial charge on any atom is 0.321 e. The molecule has 0 aliphatic heterocycles. The summed E-state index contributed by atoms with van der Waals surface area (Å²) in [4.78, 5) is 23.3. The maximum atomic E-state index is 11.8. The van der Waals surface area contributed by atoms with Crippen LogP contribution in [0.15, 0.2) is 33.9 Å². The van der Waals surface area contributed by atoms with Gasteiger partial charge >= 0.3 is 6.03 Å². The summed E-state index contributed by atoms with van der Waals surface area (Å²) in [7, 11) is 0. The van der Waals surface area contributed by atoms with Crippen LogP contribution in [0.1, 0.15) is 26.2 Å². The Hall–Kier alpha value is -2.26. The summed E-state index contributed by atoms with van der Waals surface area (Å²) in [6.45, 7) is 4.73. The molecule has 2 N–H and O–H groups in total. The molecule has 1 aromatic heterocycles. The van der Waals surface area contributed by atoms with Gasteiger partial charge in [-0.15, -0.1) is 10.2 Å². The van der Waals surface area contributed by atoms with Crippen molar-refractivity contribution in [3.05, 3.63) is 35.2 Å². The van der Waals surface area contributed by atoms with Gasteiger partial charge in [0.2, 0.25) is 5.91 Å². The Bertz CT molecular complexity index is 752. The molecule has 1 heterocycles. The summed E-state index contributed by atoms with van der Waals surface area (Å²) < 4.78 is 10.9. The third-order valence-corrected chi connectivity index (χ3v) is 4.28. The first-order chi connectivity index (χ1) is 12.9. The largest absolute Gasteiger partial charge is 0.484 e. The minimum absolute atomic E-state index is 0.0166. The van der Waals surface area contributed by atoms with Crippen molar-refractivity contribution in [2.75, 3.05) is 12.3 Å². The first kappa shape index (κ1) is 21.0. The van der Waals surface area contributed by atoms with Gasteiger partial charge in [0.25, 0.3) is 11.1 Å². The Morgan fingerprint density at radius 3 is 2.70 bits per heavy atom. The number of nitrogens with one attached hydrogen (secondary N) is 2. The monoisotopic (exact) mass is 412 g/mol. The Balaban J connectivity index is 1.68. The Kier molecular flexibility index (Phi) is 8.41. The van der Waals surface area contributed by atoms with E-state index in [1.54, 1.807) is 24.3 Å². The van der Waals surface area contributed by atoms with Crippen LogP contribution >= 0.6 is 23.4 Å². The molecule has 10 heteroatoms. The topological polar surface area (TPSA) is 106 Å². The van der Waals surface area contributed by atoms with Gasteiger partial charge in [0.1, 0.15) is 5.75 Å². The number of halogens is 1. The maximum absolute atomic E-state index is 11.8. The van der Waals surface area contributed by atoms with E-state index < -0.39 is 11.9 Å². The first-order valence-corrected chi connectivity index (χ1v) is 9.70. The summed E-state index contributed by atoms with van der Waals surface area (Å²) in [5, 5.41) is 13.4. The van der Waals surface area contributed by atoms with Gasteiger partial charge in [-0.1, -0.05) is 37.2 Å². The molecular weight excluding hydrogens is 392 g/mol. The van der Waals surface area contributed by atoms with Gasteiger partial charge in [-0.25, -0.2) is 4.79 Å². The second kappa shape index (κ2) is 10.8. The molecule has 2 rings (SSSR count). The van der Waals surface area contributed by atoms with Gasteiger partial charge in [0.15, 0.2) is 6.61 Å². The van der Waals surface area contributed by atoms with E-state index in [-0.39, 0.29) is 23.5 Å². The van der Waals surface area contributed by atoms with E-state index >= 15 is 0 Å². The quantitative estimate of drug-likeness (QED) is 0.608. The van der Waals surface area contributed by atoms with Gasteiger partial charge < -0.3 is 14.5 Å². The lowest BCUT2D eigenvalue weighted by Crippen LogP contribution is -2.40. The van der Waals surface area contributed by atoms with Crippen molar-refractivity contribution in [2.24, 2.45) is 5.92 Å². The minimum Gasteiger partial charge on any atom is -0.484 e. The zero-order chi connectivity index (χ0) is 19.6. The van der Waals surface area contributed by atoms with Crippen LogP contribution in [0, 0.1) is 5.92 Å². The summed E-state index contributed by atoms with van der Waals surface area (Å²) >= 11 is 6.84. The van der Waals surface area contributed by atoms with Crippen LogP contribution in [0.2, 0.25) is 5.02 Å². The molecule has 0 saturated heterocycles. The van der Waals surface area contributed by atoms with Crippen molar-refractivity contribution >= 4 is 35.3 Å². The zero-order valence-corrected chi connectivity index (χ0v) is 16.6. The van der Waals surface area contributed by atoms with E-state index in [1.165, 1.54) is 0 Å². The zero-order valence-electron chi connectivity index (χ0n) is 15.0. The molecule has 0 fully saturated rings. The summed E-state index contributed by atoms with van der Waals surface area (Å²) in [6.07, 6.45) is 0.846. The van der Waals surface area contributed by atoms with E-state index in [0.29, 0.717) is 23.2 Å². The highest BCUT2D eigenvalue weighted by molar-refractivity contribution is 7.99. The van der Waals surface area contributed by atoms with Crippen molar-refractivity contribution in [3.63, 3.8) is 0 Å². The second-order valence-corrected chi connectivity index (χ2v) is 7.34. The molecule has 0 spiro atoms. The predicted molar refractivity (Wildman–Crippen MR) is 102 cm³/mol. The normalized spacial score (nSPS) is 10.7. The fourth-order valence-electron chi connectivity index (χ4n) is 1.84. The van der Waals surface area contributed by atoms with Crippen LogP contribution in [0.25, 0.3) is 0 Å². The van der Waals surface area contributed by atoms with Crippen LogP contribution in [0.3, 0.4) is 0 Å². The third-order valence-electron chi connectivity index (χ3n) is 3.21. The van der Waals surface area contributed by atoms with Gasteiger partial charge in [0.05, 0.1) is 5.75 Å². The molecule has 2 aromatic rings. The lowest BCUT2D eigenvalue weighted by atomic mass is 10.1. The molecule has 0 aliphatic rings. The number of aromatic nitrogens is 2. The number of rotatable bonds is 9. The van der Waals surface area contributed by atoms with Crippen molar-refractivity contribution in [1.29, 1.82) is 0 Å². The molecular formula is C17H21ClN4O4S. The molecule has 27 heavy (non-hydrogen) atoms. The smallest absolute Gasteiger partial charge is 0.321 e. The number of thioether (sulfide) groups is 1. The molecule has 0 unspecified atom stereocenters. The van der Waals surface area contributed by atoms with Gasteiger partial charge in [-0.05, 0) is 36.6 Å². The first-order valence-electron chi connectivity index (χ1n) is 8.33. The lowest BCUT2D eigenvalue weighted by molar-refractivity contribution is -0.117. The number of nitrogens with zero attached hydrogens (tertiary/aromatic N) is 2. The molecule has 8 nitrogen and oxygen atoms in total. The molecule has 0 atom stereocenters. The van der Waals surface area contributed by atoms with Crippen LogP contribution in [-0.2, 0) is 11.4 Å². The summed E-state index contributed by atoms with van der Waals surface area (Å²) in [6, 6.07) is 6.37. The fraction of sp³-hybridized carbons (Fsp3) is 0.412. The van der Waals surface area contributed by atoms with Crippen LogP contribution in [0.4, 0.5) is 4.79 Å². The van der Waals surface area contributed by atoms with Crippen molar-refractivity contribution in [2.45, 2.75) is 32.1 Å². The van der Waals surface area contributed by atoms with Crippen LogP contribution in [0.5, 0.6) is 5.75 Å². The highest BCUT2D eigenvalue weighted by Gasteiger charge is 2.12. The van der Waals surface area contributed by atoms with Crippen molar-refractivity contribution in [3.8, 4) is 5.75 Å². The predicted octanol–water partition coefficient (Wildman–Crippen LogP) is 3.27. The number of imide groups is 1. The number of urea groups is 1. The standard InChI is InChI=1S/C17H21ClN4O4S/c1-11(2)7-8-19-16(24)20-14(23)10-27-17-22-21-15(26-17)9-25-13-5-3-12(18)4-6-13/h3-6,11H,7-10H2,1-2H3,(H2,19,20,23,24). The van der Waals surface area contributed by atoms with E-state index in [2.05, 4.69) is 34.7 Å². The average Bonchev–Trinajstić information content (AvgIpc) is 3.07. The van der Waals surface area contributed by atoms with Gasteiger partial charge in [-0.2, -0.15) is 0 Å². The number of ether oxygens (including phenoxy) is 1. The molecule has 146 valence electrons.